The average molecular weight is 399 g/mol. The molecule has 1 N–H and O–H groups in total. The number of para-hydroxylation sites is 1. The highest BCUT2D eigenvalue weighted by atomic mass is 16.5. The molecule has 1 aliphatic carbocycles. The Kier molecular flexibility index (Phi) is 5.58. The third-order valence-corrected chi connectivity index (χ3v) is 6.45. The van der Waals surface area contributed by atoms with Gasteiger partial charge in [-0.1, -0.05) is 37.8 Å². The van der Waals surface area contributed by atoms with Gasteiger partial charge in [-0.05, 0) is 25.0 Å². The smallest absolute Gasteiger partial charge is 0.267 e. The van der Waals surface area contributed by atoms with Crippen molar-refractivity contribution in [2.24, 2.45) is 0 Å². The second kappa shape index (κ2) is 8.14. The molecule has 3 aliphatic rings. The molecule has 0 bridgehead atoms. The van der Waals surface area contributed by atoms with E-state index in [1.165, 1.54) is 12.8 Å². The van der Waals surface area contributed by atoms with Crippen LogP contribution in [0, 0.1) is 0 Å². The van der Waals surface area contributed by atoms with Gasteiger partial charge in [0.2, 0.25) is 11.6 Å². The second-order valence-corrected chi connectivity index (χ2v) is 8.17. The molecule has 1 aromatic rings. The van der Waals surface area contributed by atoms with E-state index in [1.54, 1.807) is 41.2 Å². The van der Waals surface area contributed by atoms with Crippen molar-refractivity contribution < 1.29 is 19.1 Å². The number of ether oxygens (including phenoxy) is 1. The lowest BCUT2D eigenvalue weighted by molar-refractivity contribution is -0.134. The minimum atomic E-state index is -1.31. The predicted molar refractivity (Wildman–Crippen MR) is 108 cm³/mol. The summed E-state index contributed by atoms with van der Waals surface area (Å²) >= 11 is 0. The molecule has 0 aromatic heterocycles. The molecule has 0 spiro atoms. The molecular formula is C22H29N3O4. The topological polar surface area (TPSA) is 79.0 Å². The highest BCUT2D eigenvalue weighted by Gasteiger charge is 2.60. The summed E-state index contributed by atoms with van der Waals surface area (Å²) in [6, 6.07) is 7.16. The minimum absolute atomic E-state index is 0.0912. The van der Waals surface area contributed by atoms with Gasteiger partial charge in [-0.3, -0.25) is 19.3 Å². The number of anilines is 1. The van der Waals surface area contributed by atoms with Crippen molar-refractivity contribution in [1.29, 1.82) is 0 Å². The summed E-state index contributed by atoms with van der Waals surface area (Å²) in [4.78, 5) is 43.1. The fourth-order valence-corrected chi connectivity index (χ4v) is 4.99. The fraction of sp³-hybridized carbons (Fsp3) is 0.591. The number of hydrogen-bond donors (Lipinski definition) is 1. The zero-order chi connectivity index (χ0) is 20.4. The molecule has 7 heteroatoms. The molecule has 1 aromatic carbocycles. The quantitative estimate of drug-likeness (QED) is 0.772. The van der Waals surface area contributed by atoms with Crippen molar-refractivity contribution >= 4 is 23.4 Å². The first-order chi connectivity index (χ1) is 14.1. The number of amides is 3. The van der Waals surface area contributed by atoms with Crippen LogP contribution in [0.15, 0.2) is 24.3 Å². The van der Waals surface area contributed by atoms with Gasteiger partial charge in [0.1, 0.15) is 0 Å². The van der Waals surface area contributed by atoms with Gasteiger partial charge in [0.05, 0.1) is 17.9 Å². The minimum Gasteiger partial charge on any atom is -0.383 e. The number of benzene rings is 1. The first-order valence-corrected chi connectivity index (χ1v) is 10.6. The van der Waals surface area contributed by atoms with Crippen LogP contribution in [0.4, 0.5) is 5.69 Å². The van der Waals surface area contributed by atoms with Crippen molar-refractivity contribution in [1.82, 2.24) is 10.2 Å². The molecule has 1 saturated carbocycles. The van der Waals surface area contributed by atoms with Crippen molar-refractivity contribution in [3.8, 4) is 0 Å². The van der Waals surface area contributed by atoms with Crippen LogP contribution in [0.3, 0.4) is 0 Å². The van der Waals surface area contributed by atoms with E-state index in [4.69, 9.17) is 4.74 Å². The monoisotopic (exact) mass is 399 g/mol. The first kappa shape index (κ1) is 19.9. The molecule has 2 aliphatic heterocycles. The Balaban J connectivity index is 1.74. The zero-order valence-corrected chi connectivity index (χ0v) is 17.0. The first-order valence-electron chi connectivity index (χ1n) is 10.6. The van der Waals surface area contributed by atoms with Gasteiger partial charge in [-0.2, -0.15) is 0 Å². The summed E-state index contributed by atoms with van der Waals surface area (Å²) in [5.74, 6) is -0.586. The number of carbonyl (C=O) groups excluding carboxylic acids is 3. The largest absolute Gasteiger partial charge is 0.383 e. The van der Waals surface area contributed by atoms with E-state index in [1.807, 2.05) is 0 Å². The van der Waals surface area contributed by atoms with Crippen molar-refractivity contribution in [2.45, 2.75) is 63.1 Å². The van der Waals surface area contributed by atoms with Crippen molar-refractivity contribution in [2.75, 3.05) is 25.2 Å². The molecule has 3 amide bonds. The van der Waals surface area contributed by atoms with Crippen LogP contribution < -0.4 is 10.2 Å². The second-order valence-electron chi connectivity index (χ2n) is 8.17. The van der Waals surface area contributed by atoms with Crippen molar-refractivity contribution in [3.63, 3.8) is 0 Å². The van der Waals surface area contributed by atoms with Gasteiger partial charge in [0.15, 0.2) is 0 Å². The number of methoxy groups -OCH3 is 1. The number of rotatable bonds is 5. The van der Waals surface area contributed by atoms with Crippen LogP contribution in [0.1, 0.15) is 61.7 Å². The Hall–Kier alpha value is -2.41. The third kappa shape index (κ3) is 3.31. The Morgan fingerprint density at radius 1 is 1.17 bits per heavy atom. The molecule has 29 heavy (non-hydrogen) atoms. The lowest BCUT2D eigenvalue weighted by Crippen LogP contribution is -2.71. The van der Waals surface area contributed by atoms with Crippen LogP contribution in [0.25, 0.3) is 0 Å². The van der Waals surface area contributed by atoms with Crippen LogP contribution >= 0.6 is 0 Å². The predicted octanol–water partition coefficient (Wildman–Crippen LogP) is 2.45. The molecule has 0 radical (unpaired) electrons. The molecule has 7 nitrogen and oxygen atoms in total. The maximum atomic E-state index is 13.7. The lowest BCUT2D eigenvalue weighted by Gasteiger charge is -2.49. The highest BCUT2D eigenvalue weighted by molar-refractivity contribution is 6.16. The summed E-state index contributed by atoms with van der Waals surface area (Å²) in [7, 11) is 1.57. The molecular weight excluding hydrogens is 370 g/mol. The van der Waals surface area contributed by atoms with Crippen LogP contribution in [0.5, 0.6) is 0 Å². The summed E-state index contributed by atoms with van der Waals surface area (Å²) < 4.78 is 5.22. The molecule has 0 unspecified atom stereocenters. The summed E-state index contributed by atoms with van der Waals surface area (Å²) in [6.45, 7) is 0.555. The van der Waals surface area contributed by atoms with E-state index in [0.717, 1.165) is 25.7 Å². The van der Waals surface area contributed by atoms with Gasteiger partial charge < -0.3 is 15.0 Å². The molecule has 2 fully saturated rings. The van der Waals surface area contributed by atoms with E-state index in [0.29, 0.717) is 24.3 Å². The van der Waals surface area contributed by atoms with E-state index in [2.05, 4.69) is 5.32 Å². The standard InChI is InChI=1S/C22H29N3O4/c1-29-15-14-24-20(27)17-10-6-7-11-18(17)25-19(26)12-13-22(24,25)21(28)23-16-8-4-2-3-5-9-16/h6-7,10-11,16H,2-5,8-9,12-15H2,1H3,(H,23,28)/t22-/m1/s1. The Labute approximate surface area is 171 Å². The number of fused-ring (bicyclic) bond motifs is 3. The van der Waals surface area contributed by atoms with Crippen LogP contribution in [-0.4, -0.2) is 54.6 Å². The molecule has 1 saturated heterocycles. The van der Waals surface area contributed by atoms with Crippen LogP contribution in [-0.2, 0) is 14.3 Å². The van der Waals surface area contributed by atoms with E-state index < -0.39 is 5.66 Å². The van der Waals surface area contributed by atoms with Gasteiger partial charge in [0.25, 0.3) is 11.8 Å². The maximum Gasteiger partial charge on any atom is 0.267 e. The van der Waals surface area contributed by atoms with E-state index >= 15 is 0 Å². The fourth-order valence-electron chi connectivity index (χ4n) is 4.99. The number of hydrogen-bond acceptors (Lipinski definition) is 4. The number of nitrogens with one attached hydrogen (secondary N) is 1. The summed E-state index contributed by atoms with van der Waals surface area (Å²) in [5, 5.41) is 3.20. The Morgan fingerprint density at radius 2 is 1.90 bits per heavy atom. The molecule has 4 rings (SSSR count). The van der Waals surface area contributed by atoms with Gasteiger partial charge in [0, 0.05) is 32.5 Å². The Morgan fingerprint density at radius 3 is 2.62 bits per heavy atom. The summed E-state index contributed by atoms with van der Waals surface area (Å²) in [6.07, 6.45) is 6.99. The van der Waals surface area contributed by atoms with Gasteiger partial charge in [-0.15, -0.1) is 0 Å². The maximum absolute atomic E-state index is 13.7. The lowest BCUT2D eigenvalue weighted by atomic mass is 9.94. The normalized spacial score (nSPS) is 24.9. The summed E-state index contributed by atoms with van der Waals surface area (Å²) in [5.41, 5.74) is -0.325. The average Bonchev–Trinajstić information content (AvgIpc) is 2.90. The van der Waals surface area contributed by atoms with E-state index in [9.17, 15) is 14.4 Å². The van der Waals surface area contributed by atoms with Gasteiger partial charge >= 0.3 is 0 Å². The molecule has 1 atom stereocenters. The van der Waals surface area contributed by atoms with Gasteiger partial charge in [-0.25, -0.2) is 0 Å². The number of nitrogens with zero attached hydrogens (tertiary/aromatic N) is 2. The Bertz CT molecular complexity index is 803. The number of carbonyl (C=O) groups is 3. The van der Waals surface area contributed by atoms with E-state index in [-0.39, 0.29) is 36.7 Å². The SMILES string of the molecule is COCCN1C(=O)c2ccccc2N2C(=O)CC[C@@]12C(=O)NC1CCCCCC1. The van der Waals surface area contributed by atoms with Crippen molar-refractivity contribution in [3.05, 3.63) is 29.8 Å². The molecule has 2 heterocycles. The van der Waals surface area contributed by atoms with Crippen LogP contribution in [0.2, 0.25) is 0 Å². The highest BCUT2D eigenvalue weighted by Crippen LogP contribution is 2.44. The third-order valence-electron chi connectivity index (χ3n) is 6.45. The zero-order valence-electron chi connectivity index (χ0n) is 17.0. The molecule has 156 valence electrons.